The van der Waals surface area contributed by atoms with Crippen molar-refractivity contribution >= 4 is 9.84 Å². The van der Waals surface area contributed by atoms with Crippen LogP contribution in [-0.4, -0.2) is 24.0 Å². The minimum atomic E-state index is -3.05. The highest BCUT2D eigenvalue weighted by molar-refractivity contribution is 7.92. The Kier molecular flexibility index (Phi) is 3.15. The number of terminal acetylenes is 1. The Morgan fingerprint density at radius 1 is 1.15 bits per heavy atom. The largest absolute Gasteiger partial charge is 0.385 e. The van der Waals surface area contributed by atoms with Crippen LogP contribution in [-0.2, 0) is 15.4 Å². The van der Waals surface area contributed by atoms with Gasteiger partial charge in [-0.3, -0.25) is 0 Å². The summed E-state index contributed by atoms with van der Waals surface area (Å²) >= 11 is 0. The molecule has 2 fully saturated rings. The summed E-state index contributed by atoms with van der Waals surface area (Å²) in [7, 11) is -3.05. The van der Waals surface area contributed by atoms with E-state index in [-0.39, 0.29) is 0 Å². The topological polar surface area (TPSA) is 54.4 Å². The summed E-state index contributed by atoms with van der Waals surface area (Å²) < 4.78 is 24.6. The van der Waals surface area contributed by atoms with Crippen molar-refractivity contribution in [3.05, 3.63) is 35.4 Å². The molecule has 20 heavy (non-hydrogen) atoms. The van der Waals surface area contributed by atoms with Gasteiger partial charge in [0, 0.05) is 5.56 Å². The van der Waals surface area contributed by atoms with Crippen LogP contribution in [0, 0.1) is 12.3 Å². The molecule has 3 nitrogen and oxygen atoms in total. The van der Waals surface area contributed by atoms with Crippen LogP contribution >= 0.6 is 0 Å². The Bertz CT molecular complexity index is 632. The lowest BCUT2D eigenvalue weighted by molar-refractivity contribution is 0.00501. The maximum Gasteiger partial charge on any atom is 0.156 e. The molecule has 2 saturated heterocycles. The number of hydrogen-bond acceptors (Lipinski definition) is 3. The Balaban J connectivity index is 1.95. The van der Waals surface area contributed by atoms with Crippen molar-refractivity contribution in [1.29, 1.82) is 0 Å². The van der Waals surface area contributed by atoms with Crippen LogP contribution in [0.25, 0.3) is 0 Å². The molecular weight excluding hydrogens is 272 g/mol. The van der Waals surface area contributed by atoms with Gasteiger partial charge in [0.15, 0.2) is 9.84 Å². The fraction of sp³-hybridized carbons (Fsp3) is 0.500. The van der Waals surface area contributed by atoms with Crippen LogP contribution < -0.4 is 0 Å². The molecule has 2 unspecified atom stereocenters. The maximum absolute atomic E-state index is 12.3. The molecule has 2 aliphatic rings. The standard InChI is InChI=1S/C16H18O3S/c1-2-12-6-8-13(9-7-12)16(17)10-14-4-3-5-15(11-16)20(14,18)19/h1,6-9,14-15,17H,3-5,10-11H2. The van der Waals surface area contributed by atoms with Gasteiger partial charge in [0.2, 0.25) is 0 Å². The van der Waals surface area contributed by atoms with Crippen molar-refractivity contribution in [2.75, 3.05) is 0 Å². The van der Waals surface area contributed by atoms with E-state index < -0.39 is 25.9 Å². The second kappa shape index (κ2) is 4.61. The van der Waals surface area contributed by atoms with Crippen molar-refractivity contribution in [2.45, 2.75) is 48.2 Å². The summed E-state index contributed by atoms with van der Waals surface area (Å²) in [6.07, 6.45) is 8.23. The summed E-state index contributed by atoms with van der Waals surface area (Å²) in [5, 5.41) is 10.1. The predicted octanol–water partition coefficient (Wildman–Crippen LogP) is 1.99. The average molecular weight is 290 g/mol. The first-order valence-corrected chi connectivity index (χ1v) is 8.59. The third-order valence-corrected chi connectivity index (χ3v) is 7.36. The SMILES string of the molecule is C#Cc1ccc(C2(O)CC3CCCC(C2)S3(=O)=O)cc1. The van der Waals surface area contributed by atoms with Crippen LogP contribution in [0.3, 0.4) is 0 Å². The molecule has 0 spiro atoms. The lowest BCUT2D eigenvalue weighted by atomic mass is 9.80. The van der Waals surface area contributed by atoms with E-state index in [0.29, 0.717) is 25.7 Å². The number of benzene rings is 1. The van der Waals surface area contributed by atoms with Crippen LogP contribution in [0.1, 0.15) is 43.2 Å². The Labute approximate surface area is 119 Å². The summed E-state index contributed by atoms with van der Waals surface area (Å²) in [5.74, 6) is 2.55. The van der Waals surface area contributed by atoms with Gasteiger partial charge in [-0.2, -0.15) is 0 Å². The van der Waals surface area contributed by atoms with Gasteiger partial charge in [-0.1, -0.05) is 24.5 Å². The monoisotopic (exact) mass is 290 g/mol. The summed E-state index contributed by atoms with van der Waals surface area (Å²) in [4.78, 5) is 0. The van der Waals surface area contributed by atoms with Gasteiger partial charge in [-0.05, 0) is 43.4 Å². The van der Waals surface area contributed by atoms with Crippen LogP contribution in [0.4, 0.5) is 0 Å². The van der Waals surface area contributed by atoms with Gasteiger partial charge < -0.3 is 5.11 Å². The van der Waals surface area contributed by atoms with Crippen molar-refractivity contribution in [1.82, 2.24) is 0 Å². The van der Waals surface area contributed by atoms with Gasteiger partial charge in [0.1, 0.15) is 0 Å². The van der Waals surface area contributed by atoms with Crippen LogP contribution in [0.2, 0.25) is 0 Å². The molecule has 4 heteroatoms. The van der Waals surface area contributed by atoms with Crippen molar-refractivity contribution in [3.63, 3.8) is 0 Å². The van der Waals surface area contributed by atoms with E-state index in [4.69, 9.17) is 6.42 Å². The zero-order valence-electron chi connectivity index (χ0n) is 11.2. The first kappa shape index (κ1) is 13.7. The molecule has 0 radical (unpaired) electrons. The summed E-state index contributed by atoms with van der Waals surface area (Å²) in [5.41, 5.74) is 0.512. The quantitative estimate of drug-likeness (QED) is 0.805. The fourth-order valence-electron chi connectivity index (χ4n) is 3.56. The second-order valence-electron chi connectivity index (χ2n) is 5.93. The molecule has 1 N–H and O–H groups in total. The molecule has 106 valence electrons. The van der Waals surface area contributed by atoms with Crippen molar-refractivity contribution in [2.24, 2.45) is 0 Å². The smallest absolute Gasteiger partial charge is 0.156 e. The molecule has 2 aliphatic heterocycles. The van der Waals surface area contributed by atoms with Gasteiger partial charge >= 0.3 is 0 Å². The third kappa shape index (κ3) is 2.06. The highest BCUT2D eigenvalue weighted by Gasteiger charge is 2.50. The van der Waals surface area contributed by atoms with Crippen LogP contribution in [0.15, 0.2) is 24.3 Å². The molecule has 0 aliphatic carbocycles. The molecule has 2 bridgehead atoms. The Morgan fingerprint density at radius 3 is 2.20 bits per heavy atom. The van der Waals surface area contributed by atoms with E-state index in [1.165, 1.54) is 0 Å². The highest BCUT2D eigenvalue weighted by Crippen LogP contribution is 2.45. The molecule has 1 aromatic carbocycles. The zero-order chi connectivity index (χ0) is 14.4. The van der Waals surface area contributed by atoms with Crippen molar-refractivity contribution < 1.29 is 13.5 Å². The summed E-state index contributed by atoms with van der Waals surface area (Å²) in [6.45, 7) is 0. The lowest BCUT2D eigenvalue weighted by Crippen LogP contribution is -2.50. The maximum atomic E-state index is 12.3. The van der Waals surface area contributed by atoms with Gasteiger partial charge in [-0.25, -0.2) is 8.42 Å². The number of fused-ring (bicyclic) bond motifs is 2. The number of hydrogen-bond donors (Lipinski definition) is 1. The molecule has 1 aromatic rings. The first-order chi connectivity index (χ1) is 9.45. The minimum Gasteiger partial charge on any atom is -0.385 e. The molecule has 0 saturated carbocycles. The zero-order valence-corrected chi connectivity index (χ0v) is 12.1. The number of rotatable bonds is 1. The van der Waals surface area contributed by atoms with E-state index in [1.807, 2.05) is 12.1 Å². The van der Waals surface area contributed by atoms with Crippen molar-refractivity contribution in [3.8, 4) is 12.3 Å². The van der Waals surface area contributed by atoms with E-state index in [2.05, 4.69) is 5.92 Å². The predicted molar refractivity (Wildman–Crippen MR) is 77.9 cm³/mol. The summed E-state index contributed by atoms with van der Waals surface area (Å²) in [6, 6.07) is 7.24. The number of sulfone groups is 1. The van der Waals surface area contributed by atoms with Gasteiger partial charge in [0.05, 0.1) is 16.1 Å². The van der Waals surface area contributed by atoms with Gasteiger partial charge in [0.25, 0.3) is 0 Å². The third-order valence-electron chi connectivity index (χ3n) is 4.70. The normalized spacial score (nSPS) is 35.2. The minimum absolute atomic E-state index is 0.307. The molecule has 3 rings (SSSR count). The van der Waals surface area contributed by atoms with E-state index in [0.717, 1.165) is 17.5 Å². The average Bonchev–Trinajstić information content (AvgIpc) is 2.41. The molecule has 2 heterocycles. The molecule has 2 atom stereocenters. The first-order valence-electron chi connectivity index (χ1n) is 6.98. The second-order valence-corrected chi connectivity index (χ2v) is 8.44. The van der Waals surface area contributed by atoms with Crippen LogP contribution in [0.5, 0.6) is 0 Å². The molecular formula is C16H18O3S. The highest BCUT2D eigenvalue weighted by atomic mass is 32.2. The Hall–Kier alpha value is -1.31. The molecule has 0 aromatic heterocycles. The number of aliphatic hydroxyl groups is 1. The molecule has 0 amide bonds. The van der Waals surface area contributed by atoms with E-state index >= 15 is 0 Å². The van der Waals surface area contributed by atoms with E-state index in [1.54, 1.807) is 12.1 Å². The Morgan fingerprint density at radius 2 is 1.70 bits per heavy atom. The van der Waals surface area contributed by atoms with E-state index in [9.17, 15) is 13.5 Å². The van der Waals surface area contributed by atoms with Gasteiger partial charge in [-0.15, -0.1) is 6.42 Å². The fourth-order valence-corrected chi connectivity index (χ4v) is 6.11. The lowest BCUT2D eigenvalue weighted by Gasteiger charge is -2.44.